The molecule has 0 aromatic rings. The minimum Gasteiger partial charge on any atom is -0.462 e. The van der Waals surface area contributed by atoms with Crippen LogP contribution in [0.3, 0.4) is 0 Å². The van der Waals surface area contributed by atoms with Gasteiger partial charge in [0, 0.05) is 12.8 Å². The van der Waals surface area contributed by atoms with Crippen LogP contribution in [0.25, 0.3) is 0 Å². The van der Waals surface area contributed by atoms with Crippen LogP contribution in [-0.4, -0.2) is 37.2 Å². The summed E-state index contributed by atoms with van der Waals surface area (Å²) in [5.41, 5.74) is 0. The lowest BCUT2D eigenvalue weighted by Crippen LogP contribution is -2.30. The Morgan fingerprint density at radius 3 is 0.985 bits per heavy atom. The average molecular weight is 927 g/mol. The topological polar surface area (TPSA) is 78.9 Å². The first kappa shape index (κ1) is 62.8. The van der Waals surface area contributed by atoms with E-state index in [1.54, 1.807) is 6.08 Å². The van der Waals surface area contributed by atoms with Crippen LogP contribution in [0.1, 0.15) is 226 Å². The largest absolute Gasteiger partial charge is 0.462 e. The van der Waals surface area contributed by atoms with Gasteiger partial charge < -0.3 is 14.2 Å². The second-order valence-corrected chi connectivity index (χ2v) is 17.4. The molecule has 0 amide bonds. The van der Waals surface area contributed by atoms with Crippen LogP contribution in [0.2, 0.25) is 0 Å². The molecule has 67 heavy (non-hydrogen) atoms. The number of carbonyl (C=O) groups is 3. The van der Waals surface area contributed by atoms with E-state index in [0.29, 0.717) is 12.8 Å². The summed E-state index contributed by atoms with van der Waals surface area (Å²) in [6.45, 7) is 6.26. The molecule has 0 aliphatic heterocycles. The number of carbonyl (C=O) groups excluding carboxylic acids is 3. The quantitative estimate of drug-likeness (QED) is 0.0262. The molecular weight excluding hydrogens is 829 g/mol. The Kier molecular flexibility index (Phi) is 51.0. The Morgan fingerprint density at radius 1 is 0.328 bits per heavy atom. The van der Waals surface area contributed by atoms with Gasteiger partial charge in [-0.3, -0.25) is 14.4 Å². The van der Waals surface area contributed by atoms with Crippen molar-refractivity contribution in [2.24, 2.45) is 0 Å². The zero-order valence-electron chi connectivity index (χ0n) is 43.1. The third-order valence-electron chi connectivity index (χ3n) is 11.0. The van der Waals surface area contributed by atoms with Crippen LogP contribution in [0.5, 0.6) is 0 Å². The monoisotopic (exact) mass is 927 g/mol. The number of ether oxygens (including phenoxy) is 3. The van der Waals surface area contributed by atoms with Crippen LogP contribution >= 0.6 is 0 Å². The lowest BCUT2D eigenvalue weighted by molar-refractivity contribution is -0.166. The highest BCUT2D eigenvalue weighted by Gasteiger charge is 2.19. The molecule has 0 spiro atoms. The SMILES string of the molecule is CC/C=C\C/C=C\C/C=C\C/C=C\C/C=C\CCCCCCCCCCCCCC(=O)OCC(COC(=O)CCCCCCCCC)OC(=O)C/C=C\C/C=C\C/C=C\C/C=C\C/C=C\CC. The molecule has 1 atom stereocenters. The summed E-state index contributed by atoms with van der Waals surface area (Å²) in [5, 5.41) is 0. The van der Waals surface area contributed by atoms with Gasteiger partial charge in [0.15, 0.2) is 6.10 Å². The maximum Gasteiger partial charge on any atom is 0.310 e. The molecule has 0 saturated carbocycles. The van der Waals surface area contributed by atoms with Gasteiger partial charge >= 0.3 is 17.9 Å². The van der Waals surface area contributed by atoms with E-state index in [0.717, 1.165) is 103 Å². The van der Waals surface area contributed by atoms with E-state index < -0.39 is 12.1 Å². The highest BCUT2D eigenvalue weighted by Crippen LogP contribution is 2.14. The van der Waals surface area contributed by atoms with Crippen molar-refractivity contribution in [3.63, 3.8) is 0 Å². The smallest absolute Gasteiger partial charge is 0.310 e. The summed E-state index contributed by atoms with van der Waals surface area (Å²) in [5.74, 6) is -1.07. The number of hydrogen-bond donors (Lipinski definition) is 0. The van der Waals surface area contributed by atoms with Crippen molar-refractivity contribution in [2.75, 3.05) is 13.2 Å². The van der Waals surface area contributed by atoms with Crippen molar-refractivity contribution in [3.8, 4) is 0 Å². The average Bonchev–Trinajstić information content (AvgIpc) is 3.33. The van der Waals surface area contributed by atoms with Crippen molar-refractivity contribution in [2.45, 2.75) is 232 Å². The molecule has 1 unspecified atom stereocenters. The summed E-state index contributed by atoms with van der Waals surface area (Å²) in [6, 6.07) is 0. The van der Waals surface area contributed by atoms with Crippen LogP contribution in [0.15, 0.2) is 122 Å². The molecule has 0 radical (unpaired) electrons. The minimum atomic E-state index is -0.832. The Morgan fingerprint density at radius 2 is 0.627 bits per heavy atom. The lowest BCUT2D eigenvalue weighted by atomic mass is 10.0. The first-order valence-electron chi connectivity index (χ1n) is 27.0. The lowest BCUT2D eigenvalue weighted by Gasteiger charge is -2.18. The number of unbranched alkanes of at least 4 members (excludes halogenated alkanes) is 17. The van der Waals surface area contributed by atoms with Crippen molar-refractivity contribution in [1.82, 2.24) is 0 Å². The van der Waals surface area contributed by atoms with Gasteiger partial charge in [-0.2, -0.15) is 0 Å². The number of hydrogen-bond acceptors (Lipinski definition) is 6. The molecule has 0 aliphatic carbocycles. The predicted octanol–water partition coefficient (Wildman–Crippen LogP) is 18.1. The number of esters is 3. The van der Waals surface area contributed by atoms with E-state index in [9.17, 15) is 14.4 Å². The van der Waals surface area contributed by atoms with Crippen LogP contribution < -0.4 is 0 Å². The van der Waals surface area contributed by atoms with Crippen LogP contribution in [0.4, 0.5) is 0 Å². The zero-order chi connectivity index (χ0) is 48.6. The van der Waals surface area contributed by atoms with Crippen LogP contribution in [0, 0.1) is 0 Å². The molecule has 0 aromatic carbocycles. The van der Waals surface area contributed by atoms with Gasteiger partial charge in [0.05, 0.1) is 6.42 Å². The van der Waals surface area contributed by atoms with Crippen molar-refractivity contribution in [3.05, 3.63) is 122 Å². The summed E-state index contributed by atoms with van der Waals surface area (Å²) in [6.07, 6.45) is 75.2. The fourth-order valence-corrected chi connectivity index (χ4v) is 7.01. The van der Waals surface area contributed by atoms with Gasteiger partial charge in [-0.05, 0) is 89.9 Å². The molecular formula is C61H98O6. The highest BCUT2D eigenvalue weighted by molar-refractivity contribution is 5.72. The second-order valence-electron chi connectivity index (χ2n) is 17.4. The fraction of sp³-hybridized carbons (Fsp3) is 0.623. The Labute approximate surface area is 412 Å². The third kappa shape index (κ3) is 52.6. The van der Waals surface area contributed by atoms with E-state index in [1.807, 2.05) is 6.08 Å². The Balaban J connectivity index is 4.25. The third-order valence-corrected chi connectivity index (χ3v) is 11.0. The maximum atomic E-state index is 12.7. The van der Waals surface area contributed by atoms with E-state index in [4.69, 9.17) is 14.2 Å². The van der Waals surface area contributed by atoms with Crippen molar-refractivity contribution >= 4 is 17.9 Å². The molecule has 0 aliphatic rings. The molecule has 6 nitrogen and oxygen atoms in total. The normalized spacial score (nSPS) is 13.1. The minimum absolute atomic E-state index is 0.0936. The molecule has 0 N–H and O–H groups in total. The maximum absolute atomic E-state index is 12.7. The van der Waals surface area contributed by atoms with Crippen molar-refractivity contribution in [1.29, 1.82) is 0 Å². The standard InChI is InChI=1S/C61H98O6/c1-4-7-10-13-16-18-20-22-24-25-26-27-28-29-30-31-32-33-34-35-37-38-40-42-45-48-51-54-60(63)66-57-58(56-65-59(62)53-50-47-44-15-12-9-6-3)67-61(64)55-52-49-46-43-41-39-36-23-21-19-17-14-11-8-5-2/h7-8,10-11,16-19,22-24,26-27,29-30,36,41,43,49,52,58H,4-6,9,12-15,20-21,25,28,31-35,37-40,42,44-48,50-51,53-57H2,1-3H3/b10-7-,11-8-,18-16-,19-17-,24-22-,27-26-,30-29-,36-23-,43-41-,52-49-. The van der Waals surface area contributed by atoms with E-state index in [1.165, 1.54) is 83.5 Å². The van der Waals surface area contributed by atoms with E-state index in [-0.39, 0.29) is 31.6 Å². The van der Waals surface area contributed by atoms with Gasteiger partial charge in [0.1, 0.15) is 13.2 Å². The van der Waals surface area contributed by atoms with Gasteiger partial charge in [-0.15, -0.1) is 0 Å². The molecule has 0 fully saturated rings. The molecule has 0 saturated heterocycles. The van der Waals surface area contributed by atoms with Crippen LogP contribution in [-0.2, 0) is 28.6 Å². The van der Waals surface area contributed by atoms with Gasteiger partial charge in [-0.1, -0.05) is 239 Å². The molecule has 0 bridgehead atoms. The zero-order valence-corrected chi connectivity index (χ0v) is 43.1. The summed E-state index contributed by atoms with van der Waals surface area (Å²) in [4.78, 5) is 37.8. The molecule has 0 rings (SSSR count). The number of allylic oxidation sites excluding steroid dienone is 19. The Bertz CT molecular complexity index is 1440. The second kappa shape index (κ2) is 54.4. The molecule has 378 valence electrons. The molecule has 6 heteroatoms. The molecule has 0 aromatic heterocycles. The number of rotatable bonds is 47. The predicted molar refractivity (Wildman–Crippen MR) is 288 cm³/mol. The summed E-state index contributed by atoms with van der Waals surface area (Å²) >= 11 is 0. The van der Waals surface area contributed by atoms with Gasteiger partial charge in [0.2, 0.25) is 0 Å². The summed E-state index contributed by atoms with van der Waals surface area (Å²) < 4.78 is 16.6. The van der Waals surface area contributed by atoms with E-state index >= 15 is 0 Å². The Hall–Kier alpha value is -4.19. The van der Waals surface area contributed by atoms with Gasteiger partial charge in [-0.25, -0.2) is 0 Å². The fourth-order valence-electron chi connectivity index (χ4n) is 7.01. The first-order valence-corrected chi connectivity index (χ1v) is 27.0. The highest BCUT2D eigenvalue weighted by atomic mass is 16.6. The first-order chi connectivity index (χ1) is 33.0. The summed E-state index contributed by atoms with van der Waals surface area (Å²) in [7, 11) is 0. The molecule has 0 heterocycles. The van der Waals surface area contributed by atoms with Crippen molar-refractivity contribution < 1.29 is 28.6 Å². The van der Waals surface area contributed by atoms with Gasteiger partial charge in [0.25, 0.3) is 0 Å². The van der Waals surface area contributed by atoms with E-state index in [2.05, 4.69) is 130 Å².